The minimum absolute atomic E-state index is 0.0232. The number of nitrogens with zero attached hydrogens (tertiary/aromatic N) is 3. The van der Waals surface area contributed by atoms with E-state index in [1.165, 1.54) is 12.8 Å². The predicted molar refractivity (Wildman–Crippen MR) is 49.2 cm³/mol. The summed E-state index contributed by atoms with van der Waals surface area (Å²) in [5.41, 5.74) is 0.0483. The van der Waals surface area contributed by atoms with E-state index in [2.05, 4.69) is 16.3 Å². The van der Waals surface area contributed by atoms with Gasteiger partial charge in [0.05, 0.1) is 11.5 Å². The first-order valence-corrected chi connectivity index (χ1v) is 5.62. The van der Waals surface area contributed by atoms with Crippen LogP contribution in [-0.4, -0.2) is 5.66 Å². The summed E-state index contributed by atoms with van der Waals surface area (Å²) in [4.78, 5) is 0. The maximum Gasteiger partial charge on any atom is 0.196 e. The van der Waals surface area contributed by atoms with E-state index in [9.17, 15) is 5.26 Å². The molecule has 0 radical (unpaired) electrons. The van der Waals surface area contributed by atoms with Gasteiger partial charge in [-0.2, -0.15) is 15.5 Å². The highest BCUT2D eigenvalue weighted by molar-refractivity contribution is 5.21. The van der Waals surface area contributed by atoms with E-state index in [0.29, 0.717) is 11.8 Å². The SMILES string of the molecule is N#CC12CC3CC(C1)C1(N=N1)C(C3)C2. The minimum Gasteiger partial charge on any atom is -0.198 e. The highest BCUT2D eigenvalue weighted by atomic mass is 15.5. The molecule has 0 N–H and O–H groups in total. The Labute approximate surface area is 83.2 Å². The number of hydrogen-bond donors (Lipinski definition) is 0. The van der Waals surface area contributed by atoms with E-state index in [1.54, 1.807) is 0 Å². The fraction of sp³-hybridized carbons (Fsp3) is 0.909. The lowest BCUT2D eigenvalue weighted by Gasteiger charge is -2.55. The van der Waals surface area contributed by atoms with E-state index in [4.69, 9.17) is 0 Å². The van der Waals surface area contributed by atoms with Crippen LogP contribution in [0.3, 0.4) is 0 Å². The summed E-state index contributed by atoms with van der Waals surface area (Å²) in [7, 11) is 0. The Morgan fingerprint density at radius 1 is 1.07 bits per heavy atom. The topological polar surface area (TPSA) is 48.5 Å². The van der Waals surface area contributed by atoms with E-state index in [-0.39, 0.29) is 11.1 Å². The number of nitriles is 1. The van der Waals surface area contributed by atoms with Crippen molar-refractivity contribution in [3.05, 3.63) is 0 Å². The van der Waals surface area contributed by atoms with Crippen LogP contribution in [0.1, 0.15) is 32.1 Å². The fourth-order valence-corrected chi connectivity index (χ4v) is 4.48. The van der Waals surface area contributed by atoms with Crippen molar-refractivity contribution in [2.75, 3.05) is 0 Å². The molecular formula is C11H13N3. The summed E-state index contributed by atoms with van der Waals surface area (Å²) in [6.07, 6.45) is 5.87. The summed E-state index contributed by atoms with van der Waals surface area (Å²) in [5.74, 6) is 2.05. The molecule has 4 saturated carbocycles. The lowest BCUT2D eigenvalue weighted by Crippen LogP contribution is -2.55. The normalized spacial score (nSPS) is 54.9. The van der Waals surface area contributed by atoms with Crippen molar-refractivity contribution in [3.8, 4) is 6.07 Å². The van der Waals surface area contributed by atoms with Crippen molar-refractivity contribution < 1.29 is 0 Å². The van der Waals surface area contributed by atoms with Gasteiger partial charge in [0, 0.05) is 11.8 Å². The van der Waals surface area contributed by atoms with Crippen LogP contribution in [0.4, 0.5) is 0 Å². The predicted octanol–water partition coefficient (Wildman–Crippen LogP) is 2.50. The molecule has 0 amide bonds. The zero-order valence-electron chi connectivity index (χ0n) is 8.11. The van der Waals surface area contributed by atoms with Gasteiger partial charge in [-0.25, -0.2) is 0 Å². The average molecular weight is 187 g/mol. The third-order valence-corrected chi connectivity index (χ3v) is 4.96. The van der Waals surface area contributed by atoms with E-state index >= 15 is 0 Å². The molecule has 4 aliphatic carbocycles. The van der Waals surface area contributed by atoms with Gasteiger partial charge in [-0.1, -0.05) is 0 Å². The third kappa shape index (κ3) is 0.637. The van der Waals surface area contributed by atoms with Crippen LogP contribution in [0, 0.1) is 34.5 Å². The zero-order chi connectivity index (χ0) is 9.39. The molecule has 0 saturated heterocycles. The van der Waals surface area contributed by atoms with Gasteiger partial charge in [0.25, 0.3) is 0 Å². The molecule has 0 aromatic rings. The summed E-state index contributed by atoms with van der Waals surface area (Å²) in [5, 5.41) is 17.9. The molecule has 0 aromatic carbocycles. The van der Waals surface area contributed by atoms with Gasteiger partial charge in [0.15, 0.2) is 5.66 Å². The second-order valence-corrected chi connectivity index (χ2v) is 5.72. The van der Waals surface area contributed by atoms with Crippen molar-refractivity contribution in [2.24, 2.45) is 33.4 Å². The molecule has 4 bridgehead atoms. The molecule has 2 atom stereocenters. The van der Waals surface area contributed by atoms with Crippen LogP contribution in [0.5, 0.6) is 0 Å². The second-order valence-electron chi connectivity index (χ2n) is 5.72. The van der Waals surface area contributed by atoms with E-state index in [1.807, 2.05) is 0 Å². The van der Waals surface area contributed by atoms with Crippen molar-refractivity contribution in [1.82, 2.24) is 0 Å². The van der Waals surface area contributed by atoms with Crippen LogP contribution in [0.2, 0.25) is 0 Å². The Morgan fingerprint density at radius 3 is 2.21 bits per heavy atom. The maximum atomic E-state index is 9.31. The Morgan fingerprint density at radius 2 is 1.71 bits per heavy atom. The van der Waals surface area contributed by atoms with Crippen molar-refractivity contribution in [2.45, 2.75) is 37.8 Å². The maximum absolute atomic E-state index is 9.31. The lowest BCUT2D eigenvalue weighted by atomic mass is 9.47. The van der Waals surface area contributed by atoms with Gasteiger partial charge in [0.1, 0.15) is 0 Å². The fourth-order valence-electron chi connectivity index (χ4n) is 4.48. The average Bonchev–Trinajstić information content (AvgIpc) is 2.95. The molecule has 2 unspecified atom stereocenters. The van der Waals surface area contributed by atoms with Crippen molar-refractivity contribution in [1.29, 1.82) is 5.26 Å². The summed E-state index contributed by atoms with van der Waals surface area (Å²) < 4.78 is 0. The highest BCUT2D eigenvalue weighted by Gasteiger charge is 2.67. The molecule has 72 valence electrons. The van der Waals surface area contributed by atoms with Crippen molar-refractivity contribution >= 4 is 0 Å². The molecule has 5 rings (SSSR count). The van der Waals surface area contributed by atoms with Gasteiger partial charge < -0.3 is 0 Å². The Bertz CT molecular complexity index is 354. The number of rotatable bonds is 0. The number of hydrogen-bond acceptors (Lipinski definition) is 3. The van der Waals surface area contributed by atoms with Crippen LogP contribution in [0.15, 0.2) is 10.2 Å². The molecule has 3 nitrogen and oxygen atoms in total. The van der Waals surface area contributed by atoms with Crippen LogP contribution >= 0.6 is 0 Å². The molecule has 3 heteroatoms. The van der Waals surface area contributed by atoms with Crippen LogP contribution in [-0.2, 0) is 0 Å². The molecule has 5 aliphatic rings. The zero-order valence-corrected chi connectivity index (χ0v) is 8.11. The van der Waals surface area contributed by atoms with Gasteiger partial charge in [0.2, 0.25) is 0 Å². The van der Waals surface area contributed by atoms with E-state index in [0.717, 1.165) is 25.2 Å². The molecule has 1 heterocycles. The van der Waals surface area contributed by atoms with Crippen LogP contribution in [0.25, 0.3) is 0 Å². The molecular weight excluding hydrogens is 174 g/mol. The Kier molecular flexibility index (Phi) is 0.995. The molecule has 14 heavy (non-hydrogen) atoms. The monoisotopic (exact) mass is 187 g/mol. The first-order valence-electron chi connectivity index (χ1n) is 5.62. The second kappa shape index (κ2) is 1.88. The summed E-state index contributed by atoms with van der Waals surface area (Å²) in [6.45, 7) is 0. The third-order valence-electron chi connectivity index (χ3n) is 4.96. The van der Waals surface area contributed by atoms with E-state index < -0.39 is 0 Å². The molecule has 1 spiro atoms. The lowest BCUT2D eigenvalue weighted by molar-refractivity contribution is -0.0544. The van der Waals surface area contributed by atoms with Gasteiger partial charge in [-0.15, -0.1) is 0 Å². The van der Waals surface area contributed by atoms with Crippen molar-refractivity contribution in [3.63, 3.8) is 0 Å². The molecule has 1 aliphatic heterocycles. The Hall–Kier alpha value is -0.910. The smallest absolute Gasteiger partial charge is 0.196 e. The minimum atomic E-state index is 0.0232. The Balaban J connectivity index is 1.79. The summed E-state index contributed by atoms with van der Waals surface area (Å²) >= 11 is 0. The van der Waals surface area contributed by atoms with Crippen LogP contribution < -0.4 is 0 Å². The van der Waals surface area contributed by atoms with Gasteiger partial charge in [-0.3, -0.25) is 0 Å². The quantitative estimate of drug-likeness (QED) is 0.574. The molecule has 4 fully saturated rings. The molecule has 0 aromatic heterocycles. The highest BCUT2D eigenvalue weighted by Crippen LogP contribution is 2.68. The largest absolute Gasteiger partial charge is 0.198 e. The standard InChI is InChI=1S/C11H13N3/c12-6-10-3-7-1-8(4-10)11(13-14-11)9(2-7)5-10/h7-9H,1-5H2. The summed E-state index contributed by atoms with van der Waals surface area (Å²) in [6, 6.07) is 2.59. The first kappa shape index (κ1) is 7.39. The first-order chi connectivity index (χ1) is 6.76. The van der Waals surface area contributed by atoms with Gasteiger partial charge in [-0.05, 0) is 38.0 Å². The van der Waals surface area contributed by atoms with Gasteiger partial charge >= 0.3 is 0 Å².